The number of nitrogens with zero attached hydrogens (tertiary/aromatic N) is 1. The molecule has 0 radical (unpaired) electrons. The highest BCUT2D eigenvalue weighted by Crippen LogP contribution is 2.14. The van der Waals surface area contributed by atoms with Crippen LogP contribution < -0.4 is 11.0 Å². The molecule has 2 N–H and O–H groups in total. The van der Waals surface area contributed by atoms with E-state index in [1.54, 1.807) is 24.3 Å². The fraction of sp³-hybridized carbons (Fsp3) is 0.0588. The summed E-state index contributed by atoms with van der Waals surface area (Å²) >= 11 is 5.82. The molecule has 0 aliphatic carbocycles. The Bertz CT molecular complexity index is 867. The lowest BCUT2D eigenvalue weighted by Crippen LogP contribution is -2.24. The molecular formula is C17H14ClN3O2. The molecule has 3 aromatic rings. The molecule has 6 heteroatoms. The number of carbonyl (C=O) groups excluding carboxylic acids is 1. The van der Waals surface area contributed by atoms with Crippen molar-refractivity contribution in [1.82, 2.24) is 9.55 Å². The van der Waals surface area contributed by atoms with Gasteiger partial charge in [-0.2, -0.15) is 0 Å². The third kappa shape index (κ3) is 3.52. The first-order valence-corrected chi connectivity index (χ1v) is 7.40. The summed E-state index contributed by atoms with van der Waals surface area (Å²) in [4.78, 5) is 26.9. The summed E-state index contributed by atoms with van der Waals surface area (Å²) < 4.78 is 1.40. The van der Waals surface area contributed by atoms with Crippen LogP contribution in [0.25, 0.3) is 0 Å². The van der Waals surface area contributed by atoms with Gasteiger partial charge >= 0.3 is 5.69 Å². The standard InChI is InChI=1S/C17H14ClN3O2/c18-13-6-8-14(9-7-13)20-16(22)15-10-19-17(23)21(15)11-12-4-2-1-3-5-12/h1-10H,11H2,(H,19,23)(H,20,22). The number of anilines is 1. The van der Waals surface area contributed by atoms with Crippen LogP contribution in [0.4, 0.5) is 5.69 Å². The summed E-state index contributed by atoms with van der Waals surface area (Å²) in [5, 5.41) is 3.34. The molecule has 0 aliphatic heterocycles. The molecule has 1 aromatic heterocycles. The number of benzene rings is 2. The fourth-order valence-corrected chi connectivity index (χ4v) is 2.36. The van der Waals surface area contributed by atoms with Gasteiger partial charge in [-0.15, -0.1) is 0 Å². The summed E-state index contributed by atoms with van der Waals surface area (Å²) in [6.07, 6.45) is 1.41. The summed E-state index contributed by atoms with van der Waals surface area (Å²) in [7, 11) is 0. The van der Waals surface area contributed by atoms with Gasteiger partial charge in [0.15, 0.2) is 0 Å². The minimum Gasteiger partial charge on any atom is -0.321 e. The Morgan fingerprint density at radius 3 is 2.48 bits per heavy atom. The van der Waals surface area contributed by atoms with E-state index < -0.39 is 0 Å². The third-order valence-corrected chi connectivity index (χ3v) is 3.64. The van der Waals surface area contributed by atoms with E-state index in [0.29, 0.717) is 17.3 Å². The largest absolute Gasteiger partial charge is 0.326 e. The Morgan fingerprint density at radius 2 is 1.78 bits per heavy atom. The Balaban J connectivity index is 1.84. The topological polar surface area (TPSA) is 66.9 Å². The molecule has 0 saturated heterocycles. The van der Waals surface area contributed by atoms with Crippen molar-refractivity contribution >= 4 is 23.2 Å². The van der Waals surface area contributed by atoms with Crippen LogP contribution in [0.3, 0.4) is 0 Å². The SMILES string of the molecule is O=C(Nc1ccc(Cl)cc1)c1c[nH]c(=O)n1Cc1ccccc1. The average molecular weight is 328 g/mol. The van der Waals surface area contributed by atoms with Crippen molar-refractivity contribution in [2.75, 3.05) is 5.32 Å². The first-order chi connectivity index (χ1) is 11.1. The summed E-state index contributed by atoms with van der Waals surface area (Å²) in [6, 6.07) is 16.3. The zero-order chi connectivity index (χ0) is 16.2. The van der Waals surface area contributed by atoms with Crippen molar-refractivity contribution in [3.8, 4) is 0 Å². The zero-order valence-electron chi connectivity index (χ0n) is 12.1. The summed E-state index contributed by atoms with van der Waals surface area (Å²) in [5.74, 6) is -0.360. The normalized spacial score (nSPS) is 10.5. The third-order valence-electron chi connectivity index (χ3n) is 3.39. The Hall–Kier alpha value is -2.79. The van der Waals surface area contributed by atoms with Gasteiger partial charge in [0.25, 0.3) is 5.91 Å². The molecule has 0 aliphatic rings. The number of hydrogen-bond acceptors (Lipinski definition) is 2. The minimum absolute atomic E-state index is 0.272. The Labute approximate surface area is 137 Å². The first kappa shape index (κ1) is 15.1. The van der Waals surface area contributed by atoms with Gasteiger partial charge in [-0.25, -0.2) is 4.79 Å². The van der Waals surface area contributed by atoms with Crippen LogP contribution >= 0.6 is 11.6 Å². The van der Waals surface area contributed by atoms with Crippen LogP contribution in [0.1, 0.15) is 16.1 Å². The highest BCUT2D eigenvalue weighted by atomic mass is 35.5. The van der Waals surface area contributed by atoms with Gasteiger partial charge < -0.3 is 10.3 Å². The van der Waals surface area contributed by atoms with Crippen LogP contribution in [0.5, 0.6) is 0 Å². The van der Waals surface area contributed by atoms with Gasteiger partial charge in [-0.05, 0) is 29.8 Å². The number of hydrogen-bond donors (Lipinski definition) is 2. The molecule has 23 heavy (non-hydrogen) atoms. The zero-order valence-corrected chi connectivity index (χ0v) is 12.9. The second-order valence-corrected chi connectivity index (χ2v) is 5.45. The number of H-pyrrole nitrogens is 1. The molecule has 0 bridgehead atoms. The highest BCUT2D eigenvalue weighted by Gasteiger charge is 2.14. The van der Waals surface area contributed by atoms with Gasteiger partial charge in [0.05, 0.1) is 6.54 Å². The minimum atomic E-state index is -0.360. The van der Waals surface area contributed by atoms with E-state index >= 15 is 0 Å². The molecule has 1 amide bonds. The second kappa shape index (κ2) is 6.54. The molecule has 0 fully saturated rings. The maximum absolute atomic E-state index is 12.4. The number of carbonyl (C=O) groups is 1. The van der Waals surface area contributed by atoms with E-state index in [2.05, 4.69) is 10.3 Å². The number of imidazole rings is 1. The van der Waals surface area contributed by atoms with Crippen molar-refractivity contribution in [3.05, 3.63) is 87.6 Å². The van der Waals surface area contributed by atoms with Crippen LogP contribution in [-0.4, -0.2) is 15.5 Å². The monoisotopic (exact) mass is 327 g/mol. The first-order valence-electron chi connectivity index (χ1n) is 7.02. The van der Waals surface area contributed by atoms with Gasteiger partial charge in [0.2, 0.25) is 0 Å². The molecule has 116 valence electrons. The number of halogens is 1. The van der Waals surface area contributed by atoms with Crippen molar-refractivity contribution in [2.24, 2.45) is 0 Å². The molecule has 0 saturated carbocycles. The molecule has 3 rings (SSSR count). The van der Waals surface area contributed by atoms with E-state index in [4.69, 9.17) is 11.6 Å². The maximum atomic E-state index is 12.4. The van der Waals surface area contributed by atoms with E-state index in [9.17, 15) is 9.59 Å². The van der Waals surface area contributed by atoms with Gasteiger partial charge in [-0.3, -0.25) is 9.36 Å². The van der Waals surface area contributed by atoms with E-state index in [1.807, 2.05) is 30.3 Å². The molecule has 0 unspecified atom stereocenters. The predicted molar refractivity (Wildman–Crippen MR) is 90.0 cm³/mol. The second-order valence-electron chi connectivity index (χ2n) is 5.01. The van der Waals surface area contributed by atoms with E-state index in [-0.39, 0.29) is 17.3 Å². The molecule has 0 atom stereocenters. The van der Waals surface area contributed by atoms with Crippen molar-refractivity contribution in [1.29, 1.82) is 0 Å². The highest BCUT2D eigenvalue weighted by molar-refractivity contribution is 6.30. The van der Waals surface area contributed by atoms with Crippen LogP contribution in [0, 0.1) is 0 Å². The quantitative estimate of drug-likeness (QED) is 0.773. The van der Waals surface area contributed by atoms with Crippen LogP contribution in [0.2, 0.25) is 5.02 Å². The molecular weight excluding hydrogens is 314 g/mol. The van der Waals surface area contributed by atoms with Crippen LogP contribution in [0.15, 0.2) is 65.6 Å². The van der Waals surface area contributed by atoms with Gasteiger partial charge in [0.1, 0.15) is 5.69 Å². The Kier molecular flexibility index (Phi) is 4.30. The predicted octanol–water partition coefficient (Wildman–Crippen LogP) is 3.13. The smallest absolute Gasteiger partial charge is 0.321 e. The number of amides is 1. The van der Waals surface area contributed by atoms with Crippen molar-refractivity contribution < 1.29 is 4.79 Å². The number of aromatic amines is 1. The number of rotatable bonds is 4. The molecule has 0 spiro atoms. The van der Waals surface area contributed by atoms with Gasteiger partial charge in [-0.1, -0.05) is 41.9 Å². The molecule has 1 heterocycles. The van der Waals surface area contributed by atoms with E-state index in [1.165, 1.54) is 10.8 Å². The van der Waals surface area contributed by atoms with Crippen molar-refractivity contribution in [2.45, 2.75) is 6.54 Å². The fourth-order valence-electron chi connectivity index (χ4n) is 2.23. The summed E-state index contributed by atoms with van der Waals surface area (Å²) in [6.45, 7) is 0.326. The maximum Gasteiger partial charge on any atom is 0.326 e. The lowest BCUT2D eigenvalue weighted by Gasteiger charge is -2.08. The van der Waals surface area contributed by atoms with E-state index in [0.717, 1.165) is 5.56 Å². The summed E-state index contributed by atoms with van der Waals surface area (Å²) in [5.41, 5.74) is 1.50. The lowest BCUT2D eigenvalue weighted by molar-refractivity contribution is 0.101. The lowest BCUT2D eigenvalue weighted by atomic mass is 10.2. The number of nitrogens with one attached hydrogen (secondary N) is 2. The van der Waals surface area contributed by atoms with Gasteiger partial charge in [0, 0.05) is 16.9 Å². The molecule has 2 aromatic carbocycles. The van der Waals surface area contributed by atoms with Crippen LogP contribution in [-0.2, 0) is 6.54 Å². The van der Waals surface area contributed by atoms with Crippen molar-refractivity contribution in [3.63, 3.8) is 0 Å². The Morgan fingerprint density at radius 1 is 1.09 bits per heavy atom. The molecule has 5 nitrogen and oxygen atoms in total. The number of aromatic nitrogens is 2. The average Bonchev–Trinajstić information content (AvgIpc) is 2.92.